The normalized spacial score (nSPS) is 10.7. The molecule has 7 nitrogen and oxygen atoms in total. The van der Waals surface area contributed by atoms with Gasteiger partial charge in [0.15, 0.2) is 0 Å². The Kier molecular flexibility index (Phi) is 6.87. The van der Waals surface area contributed by atoms with Crippen molar-refractivity contribution in [2.24, 2.45) is 0 Å². The molecule has 1 aromatic heterocycles. The molecule has 4 aromatic rings. The third kappa shape index (κ3) is 5.04. The number of fused-ring (bicyclic) bond motifs is 1. The van der Waals surface area contributed by atoms with E-state index in [-0.39, 0.29) is 10.9 Å². The summed E-state index contributed by atoms with van der Waals surface area (Å²) in [7, 11) is 3.06. The van der Waals surface area contributed by atoms with Gasteiger partial charge in [0.1, 0.15) is 22.8 Å². The minimum atomic E-state index is -1.30. The number of hydrogen-bond donors (Lipinski definition) is 1. The molecule has 0 aliphatic heterocycles. The fourth-order valence-corrected chi connectivity index (χ4v) is 3.80. The number of aromatic nitrogens is 1. The van der Waals surface area contributed by atoms with Gasteiger partial charge in [-0.3, -0.25) is 4.79 Å². The lowest BCUT2D eigenvalue weighted by molar-refractivity contribution is 0.0695. The van der Waals surface area contributed by atoms with Gasteiger partial charge in [-0.1, -0.05) is 36.9 Å². The highest BCUT2D eigenvalue weighted by Gasteiger charge is 2.17. The molecule has 0 saturated carbocycles. The molecule has 0 spiro atoms. The predicted molar refractivity (Wildman–Crippen MR) is 135 cm³/mol. The van der Waals surface area contributed by atoms with Crippen LogP contribution >= 0.6 is 0 Å². The van der Waals surface area contributed by atoms with Crippen LogP contribution in [0.25, 0.3) is 22.7 Å². The van der Waals surface area contributed by atoms with Crippen LogP contribution in [-0.4, -0.2) is 36.5 Å². The van der Waals surface area contributed by atoms with Gasteiger partial charge in [0.2, 0.25) is 5.43 Å². The van der Waals surface area contributed by atoms with Crippen molar-refractivity contribution >= 4 is 22.9 Å². The molecule has 0 bridgehead atoms. The zero-order valence-electron chi connectivity index (χ0n) is 19.5. The lowest BCUT2D eigenvalue weighted by Crippen LogP contribution is -2.18. The lowest BCUT2D eigenvalue weighted by atomic mass is 10.1. The minimum absolute atomic E-state index is 0.263. The Balaban J connectivity index is 1.74. The van der Waals surface area contributed by atoms with Crippen LogP contribution in [-0.2, 0) is 6.42 Å². The van der Waals surface area contributed by atoms with Gasteiger partial charge in [0.25, 0.3) is 0 Å². The maximum absolute atomic E-state index is 12.9. The highest BCUT2D eigenvalue weighted by atomic mass is 16.5. The Morgan fingerprint density at radius 3 is 2.26 bits per heavy atom. The van der Waals surface area contributed by atoms with E-state index in [0.29, 0.717) is 41.5 Å². The Labute approximate surface area is 202 Å². The zero-order chi connectivity index (χ0) is 24.9. The number of nitrogens with zero attached hydrogens (tertiary/aromatic N) is 1. The molecular weight excluding hydrogens is 446 g/mol. The van der Waals surface area contributed by atoms with Gasteiger partial charge in [-0.05, 0) is 23.3 Å². The number of pyridine rings is 1. The Bertz CT molecular complexity index is 1430. The van der Waals surface area contributed by atoms with E-state index in [1.165, 1.54) is 20.4 Å². The van der Waals surface area contributed by atoms with E-state index in [1.807, 2.05) is 24.3 Å². The first-order chi connectivity index (χ1) is 16.9. The first-order valence-corrected chi connectivity index (χ1v) is 10.9. The van der Waals surface area contributed by atoms with Crippen LogP contribution in [0.15, 0.2) is 78.2 Å². The summed E-state index contributed by atoms with van der Waals surface area (Å²) in [5.74, 6) is 0.311. The van der Waals surface area contributed by atoms with Gasteiger partial charge >= 0.3 is 5.97 Å². The van der Waals surface area contributed by atoms with Crippen molar-refractivity contribution in [3.8, 4) is 22.9 Å². The van der Waals surface area contributed by atoms with E-state index in [9.17, 15) is 14.7 Å². The summed E-state index contributed by atoms with van der Waals surface area (Å²) in [5.41, 5.74) is 2.36. The lowest BCUT2D eigenvalue weighted by Gasteiger charge is -2.16. The summed E-state index contributed by atoms with van der Waals surface area (Å²) in [6, 6.07) is 18.2. The molecule has 0 atom stereocenters. The SMILES string of the molecule is C=Cc1ccc(CCOc2ccc3c(=O)c(C(=O)O)cn(-c4cc(OC)cc(OC)c4)c3c2)cc1. The second-order valence-corrected chi connectivity index (χ2v) is 7.84. The number of carboxylic acids is 1. The van der Waals surface area contributed by atoms with Crippen LogP contribution in [0.4, 0.5) is 0 Å². The monoisotopic (exact) mass is 471 g/mol. The van der Waals surface area contributed by atoms with Gasteiger partial charge < -0.3 is 23.9 Å². The number of carbonyl (C=O) groups is 1. The first kappa shape index (κ1) is 23.6. The molecule has 0 aliphatic rings. The van der Waals surface area contributed by atoms with E-state index < -0.39 is 11.4 Å². The molecule has 7 heteroatoms. The molecule has 35 heavy (non-hydrogen) atoms. The van der Waals surface area contributed by atoms with Crippen LogP contribution in [0.5, 0.6) is 17.2 Å². The molecule has 0 unspecified atom stereocenters. The summed E-state index contributed by atoms with van der Waals surface area (Å²) in [6.45, 7) is 4.20. The molecule has 0 amide bonds. The van der Waals surface area contributed by atoms with Crippen LogP contribution < -0.4 is 19.6 Å². The molecule has 0 fully saturated rings. The largest absolute Gasteiger partial charge is 0.497 e. The van der Waals surface area contributed by atoms with Crippen molar-refractivity contribution in [1.29, 1.82) is 0 Å². The van der Waals surface area contributed by atoms with Gasteiger partial charge in [-0.25, -0.2) is 4.79 Å². The predicted octanol–water partition coefficient (Wildman–Crippen LogP) is 4.97. The van der Waals surface area contributed by atoms with E-state index in [0.717, 1.165) is 11.1 Å². The summed E-state index contributed by atoms with van der Waals surface area (Å²) >= 11 is 0. The number of rotatable bonds is 9. The Morgan fingerprint density at radius 2 is 1.66 bits per heavy atom. The Hall–Kier alpha value is -4.52. The molecule has 0 saturated heterocycles. The van der Waals surface area contributed by atoms with Gasteiger partial charge in [-0.2, -0.15) is 0 Å². The molecule has 0 radical (unpaired) electrons. The van der Waals surface area contributed by atoms with Crippen LogP contribution in [0.1, 0.15) is 21.5 Å². The zero-order valence-corrected chi connectivity index (χ0v) is 19.5. The van der Waals surface area contributed by atoms with E-state index >= 15 is 0 Å². The quantitative estimate of drug-likeness (QED) is 0.371. The van der Waals surface area contributed by atoms with Crippen molar-refractivity contribution in [3.63, 3.8) is 0 Å². The molecule has 4 rings (SSSR count). The van der Waals surface area contributed by atoms with Crippen molar-refractivity contribution in [2.45, 2.75) is 6.42 Å². The number of aromatic carboxylic acids is 1. The highest BCUT2D eigenvalue weighted by Crippen LogP contribution is 2.28. The minimum Gasteiger partial charge on any atom is -0.497 e. The van der Waals surface area contributed by atoms with Crippen LogP contribution in [0.3, 0.4) is 0 Å². The van der Waals surface area contributed by atoms with Crippen molar-refractivity contribution < 1.29 is 24.1 Å². The average Bonchev–Trinajstić information content (AvgIpc) is 2.88. The first-order valence-electron chi connectivity index (χ1n) is 10.9. The number of carboxylic acid groups (broad SMARTS) is 1. The molecule has 1 heterocycles. The van der Waals surface area contributed by atoms with Crippen molar-refractivity contribution in [3.05, 3.63) is 100 Å². The standard InChI is InChI=1S/C28H25NO6/c1-4-18-5-7-19(8-6-18)11-12-35-21-9-10-24-26(16-21)29(17-25(27(24)30)28(31)32)20-13-22(33-2)15-23(14-20)34-3/h4-10,13-17H,1,11-12H2,2-3H3,(H,31,32). The van der Waals surface area contributed by atoms with Crippen molar-refractivity contribution in [1.82, 2.24) is 4.57 Å². The van der Waals surface area contributed by atoms with Crippen LogP contribution in [0, 0.1) is 0 Å². The maximum Gasteiger partial charge on any atom is 0.341 e. The number of ether oxygens (including phenoxy) is 3. The van der Waals surface area contributed by atoms with Gasteiger partial charge in [0, 0.05) is 42.3 Å². The summed E-state index contributed by atoms with van der Waals surface area (Å²) in [6.07, 6.45) is 3.81. The molecule has 1 N–H and O–H groups in total. The second kappa shape index (κ2) is 10.2. The van der Waals surface area contributed by atoms with Crippen LogP contribution in [0.2, 0.25) is 0 Å². The third-order valence-corrected chi connectivity index (χ3v) is 5.70. The number of hydrogen-bond acceptors (Lipinski definition) is 5. The van der Waals surface area contributed by atoms with Gasteiger partial charge in [-0.15, -0.1) is 0 Å². The summed E-state index contributed by atoms with van der Waals surface area (Å²) < 4.78 is 18.3. The average molecular weight is 472 g/mol. The molecule has 178 valence electrons. The summed E-state index contributed by atoms with van der Waals surface area (Å²) in [4.78, 5) is 24.7. The summed E-state index contributed by atoms with van der Waals surface area (Å²) in [5, 5.41) is 9.88. The van der Waals surface area contributed by atoms with Crippen molar-refractivity contribution in [2.75, 3.05) is 20.8 Å². The smallest absolute Gasteiger partial charge is 0.341 e. The van der Waals surface area contributed by atoms with Gasteiger partial charge in [0.05, 0.1) is 32.0 Å². The molecular formula is C28H25NO6. The second-order valence-electron chi connectivity index (χ2n) is 7.84. The fraction of sp³-hybridized carbons (Fsp3) is 0.143. The highest BCUT2D eigenvalue weighted by molar-refractivity contribution is 5.93. The van der Waals surface area contributed by atoms with E-state index in [4.69, 9.17) is 14.2 Å². The molecule has 3 aromatic carbocycles. The Morgan fingerprint density at radius 1 is 0.971 bits per heavy atom. The third-order valence-electron chi connectivity index (χ3n) is 5.70. The van der Waals surface area contributed by atoms with E-state index in [1.54, 1.807) is 47.0 Å². The molecule has 0 aliphatic carbocycles. The number of benzene rings is 3. The van der Waals surface area contributed by atoms with E-state index in [2.05, 4.69) is 6.58 Å². The number of methoxy groups -OCH3 is 2. The maximum atomic E-state index is 12.9. The topological polar surface area (TPSA) is 87.0 Å². The fourth-order valence-electron chi connectivity index (χ4n) is 3.80.